The fourth-order valence-corrected chi connectivity index (χ4v) is 3.15. The van der Waals surface area contributed by atoms with Gasteiger partial charge in [-0.1, -0.05) is 18.2 Å². The molecule has 7 nitrogen and oxygen atoms in total. The SMILES string of the molecule is O=C(Cc1ccc([N+](=O)[O-])cc1)NCC1CCN(c2ccccn2)CC1. The summed E-state index contributed by atoms with van der Waals surface area (Å²) in [7, 11) is 0. The van der Waals surface area contributed by atoms with Crippen LogP contribution >= 0.6 is 0 Å². The summed E-state index contributed by atoms with van der Waals surface area (Å²) in [6.45, 7) is 2.56. The van der Waals surface area contributed by atoms with Crippen LogP contribution in [-0.2, 0) is 11.2 Å². The van der Waals surface area contributed by atoms with Crippen LogP contribution in [0.5, 0.6) is 0 Å². The molecule has 0 saturated carbocycles. The van der Waals surface area contributed by atoms with E-state index in [9.17, 15) is 14.9 Å². The van der Waals surface area contributed by atoms with Gasteiger partial charge in [0, 0.05) is 38.0 Å². The number of nitrogens with one attached hydrogen (secondary N) is 1. The molecule has 1 fully saturated rings. The van der Waals surface area contributed by atoms with Crippen molar-refractivity contribution in [2.24, 2.45) is 5.92 Å². The number of non-ortho nitro benzene ring substituents is 1. The fraction of sp³-hybridized carbons (Fsp3) is 0.368. The number of benzene rings is 1. The molecular weight excluding hydrogens is 332 g/mol. The number of nitro benzene ring substituents is 1. The number of amides is 1. The molecule has 1 aromatic carbocycles. The third kappa shape index (κ3) is 4.78. The predicted octanol–water partition coefficient (Wildman–Crippen LogP) is 2.57. The number of carbonyl (C=O) groups excluding carboxylic acids is 1. The molecule has 0 unspecified atom stereocenters. The lowest BCUT2D eigenvalue weighted by molar-refractivity contribution is -0.384. The minimum Gasteiger partial charge on any atom is -0.357 e. The van der Waals surface area contributed by atoms with Crippen LogP contribution in [0.25, 0.3) is 0 Å². The minimum atomic E-state index is -0.443. The summed E-state index contributed by atoms with van der Waals surface area (Å²) in [5.41, 5.74) is 0.812. The maximum absolute atomic E-state index is 12.1. The minimum absolute atomic E-state index is 0.0359. The lowest BCUT2D eigenvalue weighted by atomic mass is 9.96. The molecule has 0 bridgehead atoms. The van der Waals surface area contributed by atoms with Crippen molar-refractivity contribution in [3.8, 4) is 0 Å². The van der Waals surface area contributed by atoms with Crippen LogP contribution in [-0.4, -0.2) is 35.4 Å². The first-order chi connectivity index (χ1) is 12.6. The van der Waals surface area contributed by atoms with Gasteiger partial charge in [0.05, 0.1) is 11.3 Å². The smallest absolute Gasteiger partial charge is 0.269 e. The van der Waals surface area contributed by atoms with Gasteiger partial charge in [0.25, 0.3) is 5.69 Å². The van der Waals surface area contributed by atoms with Crippen molar-refractivity contribution < 1.29 is 9.72 Å². The van der Waals surface area contributed by atoms with E-state index in [-0.39, 0.29) is 18.0 Å². The Hall–Kier alpha value is -2.96. The number of anilines is 1. The van der Waals surface area contributed by atoms with Gasteiger partial charge in [0.15, 0.2) is 0 Å². The first-order valence-corrected chi connectivity index (χ1v) is 8.78. The molecular formula is C19H22N4O3. The second-order valence-corrected chi connectivity index (χ2v) is 6.52. The monoisotopic (exact) mass is 354 g/mol. The van der Waals surface area contributed by atoms with Crippen molar-refractivity contribution in [1.29, 1.82) is 0 Å². The highest BCUT2D eigenvalue weighted by Gasteiger charge is 2.20. The van der Waals surface area contributed by atoms with Crippen molar-refractivity contribution >= 4 is 17.4 Å². The van der Waals surface area contributed by atoms with Crippen LogP contribution in [0.15, 0.2) is 48.7 Å². The van der Waals surface area contributed by atoms with Gasteiger partial charge in [-0.25, -0.2) is 4.98 Å². The van der Waals surface area contributed by atoms with E-state index in [1.807, 2.05) is 18.2 Å². The second kappa shape index (κ2) is 8.42. The van der Waals surface area contributed by atoms with Gasteiger partial charge in [0.1, 0.15) is 5.82 Å². The summed E-state index contributed by atoms with van der Waals surface area (Å²) in [6.07, 6.45) is 4.09. The summed E-state index contributed by atoms with van der Waals surface area (Å²) in [4.78, 5) is 28.9. The number of hydrogen-bond donors (Lipinski definition) is 1. The Morgan fingerprint density at radius 1 is 1.19 bits per heavy atom. The van der Waals surface area contributed by atoms with Gasteiger partial charge in [-0.2, -0.15) is 0 Å². The quantitative estimate of drug-likeness (QED) is 0.636. The van der Waals surface area contributed by atoms with Crippen LogP contribution in [0.1, 0.15) is 18.4 Å². The largest absolute Gasteiger partial charge is 0.357 e. The van der Waals surface area contributed by atoms with Gasteiger partial charge in [-0.05, 0) is 36.5 Å². The molecule has 1 N–H and O–H groups in total. The number of nitro groups is 1. The molecule has 1 amide bonds. The maximum atomic E-state index is 12.1. The lowest BCUT2D eigenvalue weighted by Crippen LogP contribution is -2.39. The zero-order valence-electron chi connectivity index (χ0n) is 14.5. The molecule has 3 rings (SSSR count). The van der Waals surface area contributed by atoms with Crippen LogP contribution in [0, 0.1) is 16.0 Å². The number of nitrogens with zero attached hydrogens (tertiary/aromatic N) is 3. The van der Waals surface area contributed by atoms with Crippen LogP contribution < -0.4 is 10.2 Å². The van der Waals surface area contributed by atoms with Crippen molar-refractivity contribution in [3.63, 3.8) is 0 Å². The molecule has 1 aliphatic heterocycles. The highest BCUT2D eigenvalue weighted by molar-refractivity contribution is 5.78. The Labute approximate surface area is 152 Å². The highest BCUT2D eigenvalue weighted by atomic mass is 16.6. The first-order valence-electron chi connectivity index (χ1n) is 8.78. The molecule has 0 radical (unpaired) electrons. The first kappa shape index (κ1) is 17.8. The zero-order chi connectivity index (χ0) is 18.4. The van der Waals surface area contributed by atoms with E-state index in [1.165, 1.54) is 12.1 Å². The predicted molar refractivity (Wildman–Crippen MR) is 99.0 cm³/mol. The van der Waals surface area contributed by atoms with Crippen LogP contribution in [0.4, 0.5) is 11.5 Å². The number of aromatic nitrogens is 1. The van der Waals surface area contributed by atoms with Gasteiger partial charge >= 0.3 is 0 Å². The Bertz CT molecular complexity index is 741. The molecule has 1 aliphatic rings. The van der Waals surface area contributed by atoms with E-state index >= 15 is 0 Å². The van der Waals surface area contributed by atoms with Crippen molar-refractivity contribution in [3.05, 3.63) is 64.3 Å². The summed E-state index contributed by atoms with van der Waals surface area (Å²) in [5.74, 6) is 1.43. The summed E-state index contributed by atoms with van der Waals surface area (Å²) in [6, 6.07) is 12.0. The third-order valence-electron chi connectivity index (χ3n) is 4.69. The van der Waals surface area contributed by atoms with E-state index in [1.54, 1.807) is 18.3 Å². The van der Waals surface area contributed by atoms with Crippen LogP contribution in [0.3, 0.4) is 0 Å². The summed E-state index contributed by atoms with van der Waals surface area (Å²) in [5, 5.41) is 13.6. The molecule has 0 aliphatic carbocycles. The number of pyridine rings is 1. The molecule has 2 heterocycles. The van der Waals surface area contributed by atoms with Crippen LogP contribution in [0.2, 0.25) is 0 Å². The molecule has 1 saturated heterocycles. The average Bonchev–Trinajstić information content (AvgIpc) is 2.68. The molecule has 2 aromatic rings. The number of piperidine rings is 1. The maximum Gasteiger partial charge on any atom is 0.269 e. The van der Waals surface area contributed by atoms with E-state index in [0.29, 0.717) is 12.5 Å². The van der Waals surface area contributed by atoms with E-state index < -0.39 is 4.92 Å². The highest BCUT2D eigenvalue weighted by Crippen LogP contribution is 2.21. The third-order valence-corrected chi connectivity index (χ3v) is 4.69. The lowest BCUT2D eigenvalue weighted by Gasteiger charge is -2.32. The molecule has 0 atom stereocenters. The standard InChI is InChI=1S/C19H22N4O3/c24-19(13-15-4-6-17(7-5-15)23(25)26)21-14-16-8-11-22(12-9-16)18-3-1-2-10-20-18/h1-7,10,16H,8-9,11-14H2,(H,21,24). The Morgan fingerprint density at radius 3 is 2.54 bits per heavy atom. The van der Waals surface area contributed by atoms with E-state index in [2.05, 4.69) is 15.2 Å². The number of hydrogen-bond acceptors (Lipinski definition) is 5. The molecule has 7 heteroatoms. The summed E-state index contributed by atoms with van der Waals surface area (Å²) < 4.78 is 0. The van der Waals surface area contributed by atoms with E-state index in [0.717, 1.165) is 37.3 Å². The summed E-state index contributed by atoms with van der Waals surface area (Å²) >= 11 is 0. The Kier molecular flexibility index (Phi) is 5.78. The van der Waals surface area contributed by atoms with Gasteiger partial charge in [-0.3, -0.25) is 14.9 Å². The second-order valence-electron chi connectivity index (χ2n) is 6.52. The Balaban J connectivity index is 1.40. The van der Waals surface area contributed by atoms with Crippen molar-refractivity contribution in [2.45, 2.75) is 19.3 Å². The van der Waals surface area contributed by atoms with Crippen molar-refractivity contribution in [1.82, 2.24) is 10.3 Å². The fourth-order valence-electron chi connectivity index (χ4n) is 3.15. The van der Waals surface area contributed by atoms with Gasteiger partial charge in [0.2, 0.25) is 5.91 Å². The normalized spacial score (nSPS) is 14.8. The number of rotatable bonds is 6. The van der Waals surface area contributed by atoms with Crippen molar-refractivity contribution in [2.75, 3.05) is 24.5 Å². The molecule has 136 valence electrons. The Morgan fingerprint density at radius 2 is 1.92 bits per heavy atom. The molecule has 1 aromatic heterocycles. The van der Waals surface area contributed by atoms with Gasteiger partial charge in [-0.15, -0.1) is 0 Å². The zero-order valence-corrected chi connectivity index (χ0v) is 14.5. The van der Waals surface area contributed by atoms with Gasteiger partial charge < -0.3 is 10.2 Å². The molecule has 26 heavy (non-hydrogen) atoms. The van der Waals surface area contributed by atoms with E-state index in [4.69, 9.17) is 0 Å². The average molecular weight is 354 g/mol. The topological polar surface area (TPSA) is 88.4 Å². The molecule has 0 spiro atoms. The number of carbonyl (C=O) groups is 1.